The molecule has 0 bridgehead atoms. The minimum atomic E-state index is -3.95. The molecule has 0 fully saturated rings. The van der Waals surface area contributed by atoms with Crippen molar-refractivity contribution in [2.45, 2.75) is 38.3 Å². The minimum Gasteiger partial charge on any atom is -0.468 e. The van der Waals surface area contributed by atoms with Crippen LogP contribution in [0.15, 0.2) is 46.0 Å². The van der Waals surface area contributed by atoms with Crippen molar-refractivity contribution in [2.75, 3.05) is 6.54 Å². The van der Waals surface area contributed by atoms with Gasteiger partial charge in [-0.15, -0.1) is 0 Å². The molecule has 0 aliphatic heterocycles. The van der Waals surface area contributed by atoms with Crippen LogP contribution >= 0.6 is 11.6 Å². The molecule has 0 aliphatic carbocycles. The van der Waals surface area contributed by atoms with Gasteiger partial charge in [-0.1, -0.05) is 25.4 Å². The number of furan rings is 1. The van der Waals surface area contributed by atoms with E-state index in [9.17, 15) is 13.2 Å². The molecule has 2 heterocycles. The Bertz CT molecular complexity index is 820. The van der Waals surface area contributed by atoms with Crippen molar-refractivity contribution in [3.8, 4) is 0 Å². The predicted octanol–water partition coefficient (Wildman–Crippen LogP) is 2.68. The first-order valence-corrected chi connectivity index (χ1v) is 9.95. The van der Waals surface area contributed by atoms with Gasteiger partial charge in [-0.25, -0.2) is 13.4 Å². The number of nitrogens with one attached hydrogen (secondary N) is 1. The summed E-state index contributed by atoms with van der Waals surface area (Å²) in [6.07, 6.45) is 2.62. The summed E-state index contributed by atoms with van der Waals surface area (Å²) < 4.78 is 32.2. The number of nitrogens with zero attached hydrogens (tertiary/aromatic N) is 2. The van der Waals surface area contributed by atoms with Crippen molar-refractivity contribution in [1.29, 1.82) is 0 Å². The molecule has 0 aromatic carbocycles. The van der Waals surface area contributed by atoms with Crippen molar-refractivity contribution >= 4 is 27.5 Å². The Morgan fingerprint density at radius 1 is 1.31 bits per heavy atom. The van der Waals surface area contributed by atoms with Crippen LogP contribution in [-0.2, 0) is 21.4 Å². The second-order valence-electron chi connectivity index (χ2n) is 6.27. The van der Waals surface area contributed by atoms with Crippen molar-refractivity contribution in [1.82, 2.24) is 14.6 Å². The number of aromatic nitrogens is 1. The maximum absolute atomic E-state index is 12.9. The predicted molar refractivity (Wildman–Crippen MR) is 98.0 cm³/mol. The lowest BCUT2D eigenvalue weighted by molar-refractivity contribution is -0.122. The van der Waals surface area contributed by atoms with E-state index in [-0.39, 0.29) is 41.0 Å². The van der Waals surface area contributed by atoms with Crippen LogP contribution < -0.4 is 5.32 Å². The molecule has 9 heteroatoms. The summed E-state index contributed by atoms with van der Waals surface area (Å²) in [5.74, 6) is 0.276. The molecule has 0 aliphatic rings. The molecular weight excluding hydrogens is 378 g/mol. The van der Waals surface area contributed by atoms with Gasteiger partial charge in [0.25, 0.3) is 0 Å². The van der Waals surface area contributed by atoms with Crippen LogP contribution in [0.4, 0.5) is 0 Å². The van der Waals surface area contributed by atoms with Gasteiger partial charge in [0.15, 0.2) is 0 Å². The normalized spacial score (nSPS) is 13.2. The maximum atomic E-state index is 12.9. The second-order valence-corrected chi connectivity index (χ2v) is 8.59. The number of carbonyl (C=O) groups excluding carboxylic acids is 1. The summed E-state index contributed by atoms with van der Waals surface area (Å²) in [5, 5.41) is 2.99. The van der Waals surface area contributed by atoms with E-state index >= 15 is 0 Å². The highest BCUT2D eigenvalue weighted by molar-refractivity contribution is 7.89. The zero-order valence-electron chi connectivity index (χ0n) is 14.8. The molecule has 1 unspecified atom stereocenters. The van der Waals surface area contributed by atoms with Crippen molar-refractivity contribution in [2.24, 2.45) is 5.92 Å². The number of pyridine rings is 1. The van der Waals surface area contributed by atoms with E-state index in [4.69, 9.17) is 16.0 Å². The fourth-order valence-electron chi connectivity index (χ4n) is 2.09. The smallest absolute Gasteiger partial charge is 0.245 e. The minimum absolute atomic E-state index is 0.0434. The lowest BCUT2D eigenvalue weighted by atomic mass is 10.1. The molecule has 1 amide bonds. The fourth-order valence-corrected chi connectivity index (χ4v) is 3.51. The third-order valence-electron chi connectivity index (χ3n) is 3.96. The topological polar surface area (TPSA) is 92.5 Å². The summed E-state index contributed by atoms with van der Waals surface area (Å²) in [6.45, 7) is 5.42. The van der Waals surface area contributed by atoms with Gasteiger partial charge in [0.05, 0.1) is 19.4 Å². The van der Waals surface area contributed by atoms with E-state index < -0.39 is 10.0 Å². The average molecular weight is 400 g/mol. The number of halogens is 1. The molecule has 1 N–H and O–H groups in total. The standard InChI is InChI=1S/C17H22ClN3O4S/c1-12(2)13(3)20-17(22)11-21(10-14-5-4-8-25-14)26(23,24)15-6-7-16(18)19-9-15/h4-9,12-13H,10-11H2,1-3H3,(H,20,22). The third-order valence-corrected chi connectivity index (χ3v) is 5.96. The van der Waals surface area contributed by atoms with Crippen LogP contribution in [0.3, 0.4) is 0 Å². The van der Waals surface area contributed by atoms with Gasteiger partial charge in [-0.3, -0.25) is 4.79 Å². The van der Waals surface area contributed by atoms with Crippen LogP contribution in [0.25, 0.3) is 0 Å². The maximum Gasteiger partial charge on any atom is 0.245 e. The number of hydrogen-bond donors (Lipinski definition) is 1. The van der Waals surface area contributed by atoms with Crippen molar-refractivity contribution in [3.05, 3.63) is 47.6 Å². The van der Waals surface area contributed by atoms with Gasteiger partial charge in [-0.2, -0.15) is 4.31 Å². The van der Waals surface area contributed by atoms with Crippen LogP contribution in [0.1, 0.15) is 26.5 Å². The highest BCUT2D eigenvalue weighted by atomic mass is 35.5. The molecule has 26 heavy (non-hydrogen) atoms. The zero-order chi connectivity index (χ0) is 19.3. The Morgan fingerprint density at radius 2 is 2.04 bits per heavy atom. The van der Waals surface area contributed by atoms with Gasteiger partial charge in [-0.05, 0) is 37.1 Å². The first-order valence-electron chi connectivity index (χ1n) is 8.13. The Hall–Kier alpha value is -1.90. The van der Waals surface area contributed by atoms with Gasteiger partial charge in [0.2, 0.25) is 15.9 Å². The van der Waals surface area contributed by atoms with E-state index in [2.05, 4.69) is 10.3 Å². The largest absolute Gasteiger partial charge is 0.468 e. The summed E-state index contributed by atoms with van der Waals surface area (Å²) in [7, 11) is -3.95. The zero-order valence-corrected chi connectivity index (χ0v) is 16.4. The molecular formula is C17H22ClN3O4S. The monoisotopic (exact) mass is 399 g/mol. The molecule has 142 valence electrons. The third kappa shape index (κ3) is 5.30. The average Bonchev–Trinajstić information content (AvgIpc) is 3.07. The number of carbonyl (C=O) groups is 1. The highest BCUT2D eigenvalue weighted by Gasteiger charge is 2.28. The molecule has 0 saturated carbocycles. The second kappa shape index (κ2) is 8.66. The molecule has 2 aromatic heterocycles. The van der Waals surface area contributed by atoms with Gasteiger partial charge >= 0.3 is 0 Å². The van der Waals surface area contributed by atoms with Gasteiger partial charge in [0, 0.05) is 12.2 Å². The Kier molecular flexibility index (Phi) is 6.80. The molecule has 7 nitrogen and oxygen atoms in total. The van der Waals surface area contributed by atoms with Gasteiger partial charge in [0.1, 0.15) is 15.8 Å². The van der Waals surface area contributed by atoms with E-state index in [0.29, 0.717) is 5.76 Å². The van der Waals surface area contributed by atoms with E-state index in [1.807, 2.05) is 20.8 Å². The summed E-state index contributed by atoms with van der Waals surface area (Å²) >= 11 is 5.73. The summed E-state index contributed by atoms with van der Waals surface area (Å²) in [4.78, 5) is 16.1. The van der Waals surface area contributed by atoms with Crippen LogP contribution in [0.5, 0.6) is 0 Å². The molecule has 0 saturated heterocycles. The number of sulfonamides is 1. The Morgan fingerprint density at radius 3 is 2.58 bits per heavy atom. The molecule has 2 aromatic rings. The van der Waals surface area contributed by atoms with E-state index in [1.54, 1.807) is 12.1 Å². The number of amides is 1. The quantitative estimate of drug-likeness (QED) is 0.689. The number of hydrogen-bond acceptors (Lipinski definition) is 5. The molecule has 2 rings (SSSR count). The van der Waals surface area contributed by atoms with E-state index in [1.165, 1.54) is 24.6 Å². The lowest BCUT2D eigenvalue weighted by Crippen LogP contribution is -2.44. The SMILES string of the molecule is CC(C)C(C)NC(=O)CN(Cc1ccco1)S(=O)(=O)c1ccc(Cl)nc1. The first-order chi connectivity index (χ1) is 12.2. The lowest BCUT2D eigenvalue weighted by Gasteiger charge is -2.23. The van der Waals surface area contributed by atoms with Crippen LogP contribution in [0.2, 0.25) is 5.15 Å². The van der Waals surface area contributed by atoms with Gasteiger partial charge < -0.3 is 9.73 Å². The highest BCUT2D eigenvalue weighted by Crippen LogP contribution is 2.19. The van der Waals surface area contributed by atoms with Crippen LogP contribution in [-0.4, -0.2) is 36.2 Å². The summed E-state index contributed by atoms with van der Waals surface area (Å²) in [6, 6.07) is 5.98. The van der Waals surface area contributed by atoms with Crippen molar-refractivity contribution in [3.63, 3.8) is 0 Å². The molecule has 0 spiro atoms. The molecule has 0 radical (unpaired) electrons. The summed E-state index contributed by atoms with van der Waals surface area (Å²) in [5.41, 5.74) is 0. The number of rotatable bonds is 8. The Labute approximate surface area is 158 Å². The molecule has 1 atom stereocenters. The van der Waals surface area contributed by atoms with Crippen molar-refractivity contribution < 1.29 is 17.6 Å². The first kappa shape index (κ1) is 20.4. The Balaban J connectivity index is 2.25. The van der Waals surface area contributed by atoms with Crippen LogP contribution in [0, 0.1) is 5.92 Å². The van der Waals surface area contributed by atoms with E-state index in [0.717, 1.165) is 4.31 Å². The fraction of sp³-hybridized carbons (Fsp3) is 0.412.